The van der Waals surface area contributed by atoms with E-state index in [2.05, 4.69) is 13.8 Å². The van der Waals surface area contributed by atoms with E-state index in [9.17, 15) is 0 Å². The maximum Gasteiger partial charge on any atom is 2.00 e. The molecule has 0 radical (unpaired) electrons. The van der Waals surface area contributed by atoms with Crippen LogP contribution in [0.2, 0.25) is 0 Å². The molecule has 0 bridgehead atoms. The fourth-order valence-corrected chi connectivity index (χ4v) is 0.677. The van der Waals surface area contributed by atoms with E-state index in [-0.39, 0.29) is 26.5 Å². The van der Waals surface area contributed by atoms with Gasteiger partial charge >= 0.3 is 21.1 Å². The summed E-state index contributed by atoms with van der Waals surface area (Å²) < 4.78 is 0. The minimum absolute atomic E-state index is 0. The van der Waals surface area contributed by atoms with Gasteiger partial charge in [0.2, 0.25) is 0 Å². The Morgan fingerprint density at radius 2 is 1.43 bits per heavy atom. The predicted molar refractivity (Wildman–Crippen MR) is 27.0 cm³/mol. The van der Waals surface area contributed by atoms with Gasteiger partial charge in [0, 0.05) is 0 Å². The molecule has 40 valence electrons. The number of hydrogen-bond donors (Lipinski definition) is 0. The third kappa shape index (κ3) is 1.95. The Morgan fingerprint density at radius 3 is 1.43 bits per heavy atom. The summed E-state index contributed by atoms with van der Waals surface area (Å²) in [5.74, 6) is 0. The Kier molecular flexibility index (Phi) is 2.53. The topological polar surface area (TPSA) is 0 Å². The second-order valence-corrected chi connectivity index (χ2v) is 2.35. The minimum atomic E-state index is 0. The van der Waals surface area contributed by atoms with Gasteiger partial charge in [-0.25, -0.2) is 0 Å². The van der Waals surface area contributed by atoms with E-state index in [4.69, 9.17) is 0 Å². The molecule has 0 heterocycles. The molecule has 0 aromatic heterocycles. The van der Waals surface area contributed by atoms with Gasteiger partial charge in [0.1, 0.15) is 0 Å². The van der Waals surface area contributed by atoms with E-state index in [0.717, 1.165) is 0 Å². The van der Waals surface area contributed by atoms with Crippen LogP contribution in [-0.4, -0.2) is 0 Å². The molecule has 1 saturated carbocycles. The first-order chi connectivity index (χ1) is 2.71. The molecular weight excluding hydrogens is 256 g/mol. The van der Waals surface area contributed by atoms with Crippen LogP contribution in [0.1, 0.15) is 19.3 Å². The van der Waals surface area contributed by atoms with Crippen LogP contribution in [0.4, 0.5) is 0 Å². The standard InChI is InChI=1S/C6H10.W/c1-6(2)4-3-5-6;/h1-5H2;/q-2;+2. The third-order valence-corrected chi connectivity index (χ3v) is 1.41. The van der Waals surface area contributed by atoms with Crippen molar-refractivity contribution in [3.8, 4) is 0 Å². The smallest absolute Gasteiger partial charge is 0.367 e. The summed E-state index contributed by atoms with van der Waals surface area (Å²) in [5, 5.41) is 0. The van der Waals surface area contributed by atoms with Gasteiger partial charge in [0.05, 0.1) is 0 Å². The Bertz CT molecular complexity index is 51.2. The molecule has 1 aliphatic carbocycles. The van der Waals surface area contributed by atoms with E-state index < -0.39 is 0 Å². The zero-order valence-corrected chi connectivity index (χ0v) is 7.38. The van der Waals surface area contributed by atoms with Crippen molar-refractivity contribution in [3.63, 3.8) is 0 Å². The first-order valence-corrected chi connectivity index (χ1v) is 2.41. The molecule has 0 aromatic rings. The van der Waals surface area contributed by atoms with Crippen LogP contribution >= 0.6 is 0 Å². The van der Waals surface area contributed by atoms with Crippen LogP contribution in [0.25, 0.3) is 0 Å². The molecule has 0 aliphatic heterocycles. The minimum Gasteiger partial charge on any atom is -0.367 e. The zero-order valence-electron chi connectivity index (χ0n) is 4.44. The first kappa shape index (κ1) is 7.69. The van der Waals surface area contributed by atoms with Gasteiger partial charge < -0.3 is 13.8 Å². The van der Waals surface area contributed by atoms with Crippen molar-refractivity contribution in [2.45, 2.75) is 19.3 Å². The normalized spacial score (nSPS) is 24.9. The van der Waals surface area contributed by atoms with Gasteiger partial charge in [-0.3, -0.25) is 5.41 Å². The fourth-order valence-electron chi connectivity index (χ4n) is 0.677. The predicted octanol–water partition coefficient (Wildman–Crippen LogP) is 1.82. The van der Waals surface area contributed by atoms with Crippen LogP contribution in [0.15, 0.2) is 0 Å². The van der Waals surface area contributed by atoms with E-state index in [1.807, 2.05) is 0 Å². The summed E-state index contributed by atoms with van der Waals surface area (Å²) in [6.45, 7) is 7.73. The van der Waals surface area contributed by atoms with Gasteiger partial charge in [-0.2, -0.15) is 0 Å². The van der Waals surface area contributed by atoms with Gasteiger partial charge in [-0.15, -0.1) is 12.8 Å². The van der Waals surface area contributed by atoms with Crippen LogP contribution in [-0.2, 0) is 21.1 Å². The van der Waals surface area contributed by atoms with Crippen molar-refractivity contribution in [1.29, 1.82) is 0 Å². The second-order valence-electron chi connectivity index (χ2n) is 2.35. The largest absolute Gasteiger partial charge is 2.00 e. The van der Waals surface area contributed by atoms with E-state index in [1.165, 1.54) is 19.3 Å². The number of hydrogen-bond acceptors (Lipinski definition) is 0. The van der Waals surface area contributed by atoms with Gasteiger partial charge in [0.25, 0.3) is 0 Å². The van der Waals surface area contributed by atoms with Crippen molar-refractivity contribution >= 4 is 0 Å². The van der Waals surface area contributed by atoms with Crippen molar-refractivity contribution in [2.24, 2.45) is 5.41 Å². The van der Waals surface area contributed by atoms with Crippen LogP contribution in [0.5, 0.6) is 0 Å². The molecule has 0 saturated heterocycles. The summed E-state index contributed by atoms with van der Waals surface area (Å²) in [4.78, 5) is 0. The zero-order chi connectivity index (χ0) is 4.62. The van der Waals surface area contributed by atoms with Crippen LogP contribution < -0.4 is 0 Å². The Balaban J connectivity index is 0.000000360. The fraction of sp³-hybridized carbons (Fsp3) is 0.667. The maximum atomic E-state index is 3.86. The summed E-state index contributed by atoms with van der Waals surface area (Å²) in [6, 6.07) is 0. The molecule has 0 nitrogen and oxygen atoms in total. The first-order valence-electron chi connectivity index (χ1n) is 2.41. The van der Waals surface area contributed by atoms with Crippen LogP contribution in [0, 0.1) is 19.3 Å². The van der Waals surface area contributed by atoms with Crippen molar-refractivity contribution in [3.05, 3.63) is 13.8 Å². The summed E-state index contributed by atoms with van der Waals surface area (Å²) in [5.41, 5.74) is 0.222. The van der Waals surface area contributed by atoms with Crippen molar-refractivity contribution < 1.29 is 21.1 Å². The Hall–Kier alpha value is 0.688. The molecule has 1 fully saturated rings. The average Bonchev–Trinajstić information content (AvgIpc) is 1.32. The van der Waals surface area contributed by atoms with E-state index >= 15 is 0 Å². The van der Waals surface area contributed by atoms with E-state index in [1.54, 1.807) is 0 Å². The molecular formula is C6H10W. The molecule has 0 atom stereocenters. The third-order valence-electron chi connectivity index (χ3n) is 1.41. The molecule has 1 heteroatoms. The number of rotatable bonds is 0. The molecule has 0 unspecified atom stereocenters. The molecule has 1 aliphatic rings. The second kappa shape index (κ2) is 2.31. The monoisotopic (exact) mass is 266 g/mol. The summed E-state index contributed by atoms with van der Waals surface area (Å²) in [6.07, 6.45) is 3.80. The molecule has 0 spiro atoms. The Labute approximate surface area is 59.9 Å². The van der Waals surface area contributed by atoms with E-state index in [0.29, 0.717) is 0 Å². The van der Waals surface area contributed by atoms with Crippen molar-refractivity contribution in [2.75, 3.05) is 0 Å². The quantitative estimate of drug-likeness (QED) is 0.587. The van der Waals surface area contributed by atoms with Gasteiger partial charge in [-0.05, 0) is 0 Å². The average molecular weight is 266 g/mol. The molecule has 1 rings (SSSR count). The van der Waals surface area contributed by atoms with Crippen molar-refractivity contribution in [1.82, 2.24) is 0 Å². The molecule has 0 amide bonds. The molecule has 0 aromatic carbocycles. The molecule has 0 N–H and O–H groups in total. The summed E-state index contributed by atoms with van der Waals surface area (Å²) >= 11 is 0. The SMILES string of the molecule is [CH2-]C1([CH2-])CCC1.[W+2]. The maximum absolute atomic E-state index is 3.86. The van der Waals surface area contributed by atoms with Gasteiger partial charge in [-0.1, -0.05) is 6.42 Å². The van der Waals surface area contributed by atoms with Crippen LogP contribution in [0.3, 0.4) is 0 Å². The summed E-state index contributed by atoms with van der Waals surface area (Å²) in [7, 11) is 0. The van der Waals surface area contributed by atoms with Gasteiger partial charge in [0.15, 0.2) is 0 Å². The Morgan fingerprint density at radius 1 is 1.14 bits per heavy atom. The molecule has 7 heavy (non-hydrogen) atoms.